The molecular formula is C19H28N2O3. The SMILES string of the molecule is Cc1ccccc1C(C)(C)CNC(=O)N1CCC2(CC1)OCCO2. The molecule has 5 heteroatoms. The van der Waals surface area contributed by atoms with Crippen molar-refractivity contribution in [2.75, 3.05) is 32.8 Å². The van der Waals surface area contributed by atoms with E-state index in [2.05, 4.69) is 44.3 Å². The monoisotopic (exact) mass is 332 g/mol. The Kier molecular flexibility index (Phi) is 4.83. The van der Waals surface area contributed by atoms with Gasteiger partial charge in [0.25, 0.3) is 0 Å². The Balaban J connectivity index is 1.53. The molecule has 24 heavy (non-hydrogen) atoms. The van der Waals surface area contributed by atoms with Crippen molar-refractivity contribution in [1.29, 1.82) is 0 Å². The lowest BCUT2D eigenvalue weighted by Gasteiger charge is -2.38. The first-order chi connectivity index (χ1) is 11.4. The van der Waals surface area contributed by atoms with E-state index in [1.165, 1.54) is 11.1 Å². The van der Waals surface area contributed by atoms with Gasteiger partial charge in [0, 0.05) is 37.9 Å². The number of carbonyl (C=O) groups is 1. The number of nitrogens with one attached hydrogen (secondary N) is 1. The summed E-state index contributed by atoms with van der Waals surface area (Å²) in [4.78, 5) is 14.4. The Morgan fingerprint density at radius 3 is 2.46 bits per heavy atom. The van der Waals surface area contributed by atoms with Crippen LogP contribution in [0.1, 0.15) is 37.8 Å². The molecule has 2 aliphatic heterocycles. The molecule has 1 N–H and O–H groups in total. The normalized spacial score (nSPS) is 20.4. The van der Waals surface area contributed by atoms with Crippen LogP contribution in [0.2, 0.25) is 0 Å². The molecule has 0 unspecified atom stereocenters. The summed E-state index contributed by atoms with van der Waals surface area (Å²) >= 11 is 0. The number of ether oxygens (including phenoxy) is 2. The van der Waals surface area contributed by atoms with Crippen LogP contribution in [0, 0.1) is 6.92 Å². The molecule has 0 bridgehead atoms. The van der Waals surface area contributed by atoms with Gasteiger partial charge in [0.15, 0.2) is 5.79 Å². The van der Waals surface area contributed by atoms with E-state index in [0.717, 1.165) is 12.8 Å². The Labute approximate surface area is 144 Å². The molecule has 132 valence electrons. The summed E-state index contributed by atoms with van der Waals surface area (Å²) in [6, 6.07) is 8.36. The maximum atomic E-state index is 12.5. The highest BCUT2D eigenvalue weighted by Gasteiger charge is 2.40. The maximum absolute atomic E-state index is 12.5. The van der Waals surface area contributed by atoms with Gasteiger partial charge in [-0.2, -0.15) is 0 Å². The summed E-state index contributed by atoms with van der Waals surface area (Å²) in [5.74, 6) is -0.433. The molecule has 1 spiro atoms. The Bertz CT molecular complexity index is 584. The molecule has 5 nitrogen and oxygen atoms in total. The van der Waals surface area contributed by atoms with Crippen LogP contribution in [-0.4, -0.2) is 49.6 Å². The minimum atomic E-state index is -0.433. The molecule has 2 saturated heterocycles. The van der Waals surface area contributed by atoms with Crippen LogP contribution >= 0.6 is 0 Å². The highest BCUT2D eigenvalue weighted by Crippen LogP contribution is 2.31. The number of benzene rings is 1. The molecule has 0 radical (unpaired) electrons. The number of rotatable bonds is 3. The largest absolute Gasteiger partial charge is 0.347 e. The number of aryl methyl sites for hydroxylation is 1. The molecule has 2 fully saturated rings. The molecule has 2 aliphatic rings. The lowest BCUT2D eigenvalue weighted by molar-refractivity contribution is -0.181. The molecule has 2 amide bonds. The molecule has 2 heterocycles. The van der Waals surface area contributed by atoms with Gasteiger partial charge in [0.1, 0.15) is 0 Å². The van der Waals surface area contributed by atoms with Crippen LogP contribution in [0.5, 0.6) is 0 Å². The average molecular weight is 332 g/mol. The maximum Gasteiger partial charge on any atom is 0.317 e. The van der Waals surface area contributed by atoms with Crippen molar-refractivity contribution >= 4 is 6.03 Å². The van der Waals surface area contributed by atoms with Gasteiger partial charge in [-0.25, -0.2) is 4.79 Å². The molecular weight excluding hydrogens is 304 g/mol. The second kappa shape index (κ2) is 6.73. The van der Waals surface area contributed by atoms with Crippen molar-refractivity contribution in [3.05, 3.63) is 35.4 Å². The van der Waals surface area contributed by atoms with E-state index in [-0.39, 0.29) is 11.4 Å². The van der Waals surface area contributed by atoms with Gasteiger partial charge < -0.3 is 19.7 Å². The van der Waals surface area contributed by atoms with Crippen LogP contribution in [0.25, 0.3) is 0 Å². The average Bonchev–Trinajstić information content (AvgIpc) is 3.02. The fraction of sp³-hybridized carbons (Fsp3) is 0.632. The first-order valence-electron chi connectivity index (χ1n) is 8.79. The molecule has 3 rings (SSSR count). The number of likely N-dealkylation sites (tertiary alicyclic amines) is 1. The summed E-state index contributed by atoms with van der Waals surface area (Å²) in [6.07, 6.45) is 1.50. The third-order valence-electron chi connectivity index (χ3n) is 5.18. The number of amides is 2. The third-order valence-corrected chi connectivity index (χ3v) is 5.18. The Morgan fingerprint density at radius 1 is 1.21 bits per heavy atom. The lowest BCUT2D eigenvalue weighted by Crippen LogP contribution is -2.51. The highest BCUT2D eigenvalue weighted by molar-refractivity contribution is 5.74. The quantitative estimate of drug-likeness (QED) is 0.926. The van der Waals surface area contributed by atoms with Gasteiger partial charge in [0.2, 0.25) is 0 Å². The van der Waals surface area contributed by atoms with Gasteiger partial charge in [0.05, 0.1) is 13.2 Å². The Morgan fingerprint density at radius 2 is 1.83 bits per heavy atom. The van der Waals surface area contributed by atoms with Crippen molar-refractivity contribution in [2.45, 2.75) is 44.8 Å². The third kappa shape index (κ3) is 3.57. The van der Waals surface area contributed by atoms with Crippen molar-refractivity contribution in [1.82, 2.24) is 10.2 Å². The fourth-order valence-corrected chi connectivity index (χ4v) is 3.67. The number of hydrogen-bond acceptors (Lipinski definition) is 3. The molecule has 0 atom stereocenters. The van der Waals surface area contributed by atoms with Crippen molar-refractivity contribution < 1.29 is 14.3 Å². The predicted molar refractivity (Wildman–Crippen MR) is 93.0 cm³/mol. The van der Waals surface area contributed by atoms with Crippen LogP contribution in [0.15, 0.2) is 24.3 Å². The minimum absolute atomic E-state index is 0.00417. The molecule has 1 aromatic carbocycles. The minimum Gasteiger partial charge on any atom is -0.347 e. The van der Waals surface area contributed by atoms with Crippen LogP contribution in [-0.2, 0) is 14.9 Å². The smallest absolute Gasteiger partial charge is 0.317 e. The van der Waals surface area contributed by atoms with E-state index in [4.69, 9.17) is 9.47 Å². The van der Waals surface area contributed by atoms with E-state index in [1.54, 1.807) is 0 Å². The number of hydrogen-bond donors (Lipinski definition) is 1. The summed E-state index contributed by atoms with van der Waals surface area (Å²) in [6.45, 7) is 9.75. The molecule has 1 aromatic rings. The van der Waals surface area contributed by atoms with Crippen molar-refractivity contribution in [3.8, 4) is 0 Å². The summed E-state index contributed by atoms with van der Waals surface area (Å²) in [7, 11) is 0. The van der Waals surface area contributed by atoms with Crippen molar-refractivity contribution in [3.63, 3.8) is 0 Å². The standard InChI is InChI=1S/C19H28N2O3/c1-15-6-4-5-7-16(15)18(2,3)14-20-17(22)21-10-8-19(9-11-21)23-12-13-24-19/h4-7H,8-14H2,1-3H3,(H,20,22). The first kappa shape index (κ1) is 17.2. The number of nitrogens with zero attached hydrogens (tertiary/aromatic N) is 1. The Hall–Kier alpha value is -1.59. The van der Waals surface area contributed by atoms with E-state index < -0.39 is 5.79 Å². The second-order valence-electron chi connectivity index (χ2n) is 7.45. The zero-order valence-corrected chi connectivity index (χ0v) is 14.9. The van der Waals surface area contributed by atoms with E-state index in [1.807, 2.05) is 11.0 Å². The van der Waals surface area contributed by atoms with Gasteiger partial charge in [-0.05, 0) is 18.1 Å². The van der Waals surface area contributed by atoms with Gasteiger partial charge in [-0.15, -0.1) is 0 Å². The summed E-state index contributed by atoms with van der Waals surface area (Å²) in [5, 5.41) is 3.10. The highest BCUT2D eigenvalue weighted by atomic mass is 16.7. The topological polar surface area (TPSA) is 50.8 Å². The van der Waals surface area contributed by atoms with Crippen LogP contribution < -0.4 is 5.32 Å². The fourth-order valence-electron chi connectivity index (χ4n) is 3.67. The van der Waals surface area contributed by atoms with Crippen LogP contribution in [0.4, 0.5) is 4.79 Å². The van der Waals surface area contributed by atoms with Gasteiger partial charge in [-0.3, -0.25) is 0 Å². The second-order valence-corrected chi connectivity index (χ2v) is 7.45. The summed E-state index contributed by atoms with van der Waals surface area (Å²) in [5.41, 5.74) is 2.43. The first-order valence-corrected chi connectivity index (χ1v) is 8.79. The predicted octanol–water partition coefficient (Wildman–Crippen LogP) is 2.82. The van der Waals surface area contributed by atoms with E-state index in [9.17, 15) is 4.79 Å². The van der Waals surface area contributed by atoms with Crippen molar-refractivity contribution in [2.24, 2.45) is 0 Å². The van der Waals surface area contributed by atoms with Gasteiger partial charge >= 0.3 is 6.03 Å². The molecule has 0 saturated carbocycles. The van der Waals surface area contributed by atoms with Crippen LogP contribution in [0.3, 0.4) is 0 Å². The number of carbonyl (C=O) groups excluding carboxylic acids is 1. The molecule has 0 aliphatic carbocycles. The van der Waals surface area contributed by atoms with E-state index in [0.29, 0.717) is 32.8 Å². The van der Waals surface area contributed by atoms with E-state index >= 15 is 0 Å². The zero-order chi connectivity index (χ0) is 17.2. The molecule has 0 aromatic heterocycles. The van der Waals surface area contributed by atoms with Gasteiger partial charge in [-0.1, -0.05) is 38.1 Å². The number of piperidine rings is 1. The lowest BCUT2D eigenvalue weighted by atomic mass is 9.82. The summed E-state index contributed by atoms with van der Waals surface area (Å²) < 4.78 is 11.4. The zero-order valence-electron chi connectivity index (χ0n) is 14.9. The number of urea groups is 1.